The van der Waals surface area contributed by atoms with Gasteiger partial charge in [0.05, 0.1) is 4.92 Å². The van der Waals surface area contributed by atoms with E-state index in [4.69, 9.17) is 0 Å². The number of likely N-dealkylation sites (N-methyl/N-ethyl adjacent to an activating group) is 1. The van der Waals surface area contributed by atoms with E-state index in [1.807, 2.05) is 19.2 Å². The van der Waals surface area contributed by atoms with Crippen molar-refractivity contribution in [3.8, 4) is 0 Å². The second-order valence-corrected chi connectivity index (χ2v) is 4.65. The van der Waals surface area contributed by atoms with Gasteiger partial charge in [-0.1, -0.05) is 12.1 Å². The highest BCUT2D eigenvalue weighted by molar-refractivity contribution is 5.63. The van der Waals surface area contributed by atoms with Crippen molar-refractivity contribution in [3.05, 3.63) is 34.4 Å². The molecule has 0 radical (unpaired) electrons. The zero-order valence-corrected chi connectivity index (χ0v) is 10.6. The highest BCUT2D eigenvalue weighted by Crippen LogP contribution is 2.32. The van der Waals surface area contributed by atoms with Crippen LogP contribution in [0.15, 0.2) is 24.3 Å². The van der Waals surface area contributed by atoms with Gasteiger partial charge in [-0.3, -0.25) is 10.1 Å². The third-order valence-electron chi connectivity index (χ3n) is 3.45. The fraction of sp³-hybridized carbons (Fsp3) is 0.538. The third kappa shape index (κ3) is 2.61. The van der Waals surface area contributed by atoms with Gasteiger partial charge in [0.25, 0.3) is 5.69 Å². The summed E-state index contributed by atoms with van der Waals surface area (Å²) in [5, 5.41) is 14.3. The van der Waals surface area contributed by atoms with Gasteiger partial charge in [-0.25, -0.2) is 0 Å². The standard InChI is InChI=1S/C13H19N3O2/c1-14-10-11-6-4-5-9-15(11)12-7-2-3-8-13(12)16(17)18/h2-3,7-8,11,14H,4-6,9-10H2,1H3. The minimum atomic E-state index is -0.291. The molecule has 2 rings (SSSR count). The number of rotatable bonds is 4. The summed E-state index contributed by atoms with van der Waals surface area (Å²) in [7, 11) is 1.92. The number of nitro benzene ring substituents is 1. The molecular weight excluding hydrogens is 230 g/mol. The smallest absolute Gasteiger partial charge is 0.292 e. The number of hydrogen-bond acceptors (Lipinski definition) is 4. The molecule has 0 spiro atoms. The lowest BCUT2D eigenvalue weighted by Crippen LogP contribution is -2.45. The van der Waals surface area contributed by atoms with Gasteiger partial charge in [-0.2, -0.15) is 0 Å². The zero-order chi connectivity index (χ0) is 13.0. The van der Waals surface area contributed by atoms with Crippen LogP contribution in [0.2, 0.25) is 0 Å². The van der Waals surface area contributed by atoms with Crippen LogP contribution in [0.1, 0.15) is 19.3 Å². The molecule has 0 saturated carbocycles. The average Bonchev–Trinajstić information content (AvgIpc) is 2.40. The van der Waals surface area contributed by atoms with Gasteiger partial charge in [0.1, 0.15) is 5.69 Å². The molecule has 0 aliphatic carbocycles. The number of hydrogen-bond donors (Lipinski definition) is 1. The van der Waals surface area contributed by atoms with Crippen molar-refractivity contribution in [2.24, 2.45) is 0 Å². The first-order valence-electron chi connectivity index (χ1n) is 6.38. The maximum absolute atomic E-state index is 11.1. The Balaban J connectivity index is 2.30. The quantitative estimate of drug-likeness (QED) is 0.656. The minimum Gasteiger partial charge on any atom is -0.362 e. The first-order valence-corrected chi connectivity index (χ1v) is 6.38. The zero-order valence-electron chi connectivity index (χ0n) is 10.6. The van der Waals surface area contributed by atoms with Crippen LogP contribution in [0.5, 0.6) is 0 Å². The first kappa shape index (κ1) is 12.8. The molecule has 18 heavy (non-hydrogen) atoms. The van der Waals surface area contributed by atoms with Crippen LogP contribution in [-0.4, -0.2) is 31.1 Å². The molecule has 1 aliphatic heterocycles. The lowest BCUT2D eigenvalue weighted by molar-refractivity contribution is -0.384. The van der Waals surface area contributed by atoms with E-state index in [0.717, 1.165) is 31.6 Å². The molecule has 1 fully saturated rings. The minimum absolute atomic E-state index is 0.209. The Morgan fingerprint density at radius 1 is 1.44 bits per heavy atom. The molecule has 98 valence electrons. The van der Waals surface area contributed by atoms with Gasteiger partial charge < -0.3 is 10.2 Å². The van der Waals surface area contributed by atoms with E-state index >= 15 is 0 Å². The van der Waals surface area contributed by atoms with Crippen molar-refractivity contribution in [1.82, 2.24) is 5.32 Å². The molecule has 1 unspecified atom stereocenters. The average molecular weight is 249 g/mol. The molecular formula is C13H19N3O2. The van der Waals surface area contributed by atoms with Gasteiger partial charge in [0, 0.05) is 25.2 Å². The number of nitro groups is 1. The van der Waals surface area contributed by atoms with E-state index in [0.29, 0.717) is 6.04 Å². The normalized spacial score (nSPS) is 19.8. The van der Waals surface area contributed by atoms with Crippen LogP contribution in [0.25, 0.3) is 0 Å². The van der Waals surface area contributed by atoms with Gasteiger partial charge in [-0.15, -0.1) is 0 Å². The van der Waals surface area contributed by atoms with Crippen molar-refractivity contribution in [3.63, 3.8) is 0 Å². The van der Waals surface area contributed by atoms with Gasteiger partial charge >= 0.3 is 0 Å². The lowest BCUT2D eigenvalue weighted by atomic mass is 10.0. The Kier molecular flexibility index (Phi) is 4.15. The third-order valence-corrected chi connectivity index (χ3v) is 3.45. The summed E-state index contributed by atoms with van der Waals surface area (Å²) in [4.78, 5) is 13.0. The second kappa shape index (κ2) is 5.82. The molecule has 1 aromatic carbocycles. The Hall–Kier alpha value is -1.62. The highest BCUT2D eigenvalue weighted by atomic mass is 16.6. The summed E-state index contributed by atoms with van der Waals surface area (Å²) in [5.74, 6) is 0. The van der Waals surface area contributed by atoms with E-state index in [1.54, 1.807) is 12.1 Å². The number of benzene rings is 1. The monoisotopic (exact) mass is 249 g/mol. The van der Waals surface area contributed by atoms with Crippen LogP contribution in [0.4, 0.5) is 11.4 Å². The second-order valence-electron chi connectivity index (χ2n) is 4.65. The van der Waals surface area contributed by atoms with E-state index in [9.17, 15) is 10.1 Å². The molecule has 1 heterocycles. The number of para-hydroxylation sites is 2. The molecule has 1 N–H and O–H groups in total. The van der Waals surface area contributed by atoms with Gasteiger partial charge in [-0.05, 0) is 32.4 Å². The topological polar surface area (TPSA) is 58.4 Å². The van der Waals surface area contributed by atoms with Gasteiger partial charge in [0.15, 0.2) is 0 Å². The molecule has 1 aliphatic rings. The fourth-order valence-electron chi connectivity index (χ4n) is 2.63. The number of piperidine rings is 1. The fourth-order valence-corrected chi connectivity index (χ4v) is 2.63. The highest BCUT2D eigenvalue weighted by Gasteiger charge is 2.27. The number of nitrogens with zero attached hydrogens (tertiary/aromatic N) is 2. The molecule has 1 atom stereocenters. The first-order chi connectivity index (χ1) is 8.74. The van der Waals surface area contributed by atoms with Crippen molar-refractivity contribution in [2.75, 3.05) is 25.0 Å². The van der Waals surface area contributed by atoms with Crippen LogP contribution in [-0.2, 0) is 0 Å². The van der Waals surface area contributed by atoms with Crippen LogP contribution >= 0.6 is 0 Å². The van der Waals surface area contributed by atoms with Crippen molar-refractivity contribution in [2.45, 2.75) is 25.3 Å². The number of nitrogens with one attached hydrogen (secondary N) is 1. The summed E-state index contributed by atoms with van der Waals surface area (Å²) in [6, 6.07) is 7.38. The summed E-state index contributed by atoms with van der Waals surface area (Å²) in [6.07, 6.45) is 3.39. The Morgan fingerprint density at radius 3 is 2.94 bits per heavy atom. The van der Waals surface area contributed by atoms with Crippen LogP contribution in [0, 0.1) is 10.1 Å². The maximum atomic E-state index is 11.1. The molecule has 0 bridgehead atoms. The van der Waals surface area contributed by atoms with E-state index in [2.05, 4.69) is 10.2 Å². The van der Waals surface area contributed by atoms with E-state index in [-0.39, 0.29) is 10.6 Å². The predicted octanol–water partition coefficient (Wildman–Crippen LogP) is 2.17. The molecule has 5 nitrogen and oxygen atoms in total. The predicted molar refractivity (Wildman–Crippen MR) is 72.0 cm³/mol. The van der Waals surface area contributed by atoms with Crippen molar-refractivity contribution < 1.29 is 4.92 Å². The van der Waals surface area contributed by atoms with E-state index in [1.165, 1.54) is 6.42 Å². The molecule has 0 amide bonds. The molecule has 0 aromatic heterocycles. The maximum Gasteiger partial charge on any atom is 0.292 e. The van der Waals surface area contributed by atoms with Crippen LogP contribution < -0.4 is 10.2 Å². The molecule has 1 aromatic rings. The Morgan fingerprint density at radius 2 is 2.22 bits per heavy atom. The SMILES string of the molecule is CNCC1CCCCN1c1ccccc1[N+](=O)[O-]. The van der Waals surface area contributed by atoms with E-state index < -0.39 is 0 Å². The Bertz CT molecular complexity index is 420. The van der Waals surface area contributed by atoms with Crippen LogP contribution in [0.3, 0.4) is 0 Å². The largest absolute Gasteiger partial charge is 0.362 e. The summed E-state index contributed by atoms with van der Waals surface area (Å²) in [6.45, 7) is 1.77. The number of anilines is 1. The van der Waals surface area contributed by atoms with Crippen molar-refractivity contribution in [1.29, 1.82) is 0 Å². The molecule has 1 saturated heterocycles. The summed E-state index contributed by atoms with van der Waals surface area (Å²) < 4.78 is 0. The lowest BCUT2D eigenvalue weighted by Gasteiger charge is -2.37. The van der Waals surface area contributed by atoms with Gasteiger partial charge in [0.2, 0.25) is 0 Å². The summed E-state index contributed by atoms with van der Waals surface area (Å²) >= 11 is 0. The van der Waals surface area contributed by atoms with Crippen molar-refractivity contribution >= 4 is 11.4 Å². The Labute approximate surface area is 107 Å². The molecule has 5 heteroatoms. The summed E-state index contributed by atoms with van der Waals surface area (Å²) in [5.41, 5.74) is 0.961.